The number of rotatable bonds is 12. The predicted molar refractivity (Wildman–Crippen MR) is 109 cm³/mol. The molecule has 1 rings (SSSR count). The molecule has 0 heterocycles. The van der Waals surface area contributed by atoms with Crippen LogP contribution in [0.5, 0.6) is 11.5 Å². The van der Waals surface area contributed by atoms with E-state index in [0.29, 0.717) is 24.7 Å². The highest BCUT2D eigenvalue weighted by Gasteiger charge is 2.17. The Bertz CT molecular complexity index is 596. The van der Waals surface area contributed by atoms with E-state index in [-0.39, 0.29) is 28.5 Å². The van der Waals surface area contributed by atoms with Crippen LogP contribution in [0.25, 0.3) is 0 Å². The Morgan fingerprint density at radius 1 is 0.852 bits per heavy atom. The fourth-order valence-corrected chi connectivity index (χ4v) is 2.86. The molecule has 0 amide bonds. The minimum Gasteiger partial charge on any atom is -0.422 e. The molecular formula is C22H33ClO4. The minimum absolute atomic E-state index is 0.128. The van der Waals surface area contributed by atoms with Gasteiger partial charge in [0.25, 0.3) is 0 Å². The Labute approximate surface area is 168 Å². The molecule has 0 unspecified atom stereocenters. The summed E-state index contributed by atoms with van der Waals surface area (Å²) in [5.74, 6) is 0.878. The zero-order chi connectivity index (χ0) is 20.2. The standard InChI is InChI=1S/C22H33ClO4/c1-16(2)10-5-7-14-20(24)26-19-13-9-12-18(23)22(19)27-21(25)15-8-6-11-17(3)4/h9,12-13,16-17H,5-8,10-11,14-15H2,1-4H3. The third-order valence-electron chi connectivity index (χ3n) is 4.20. The van der Waals surface area contributed by atoms with Crippen LogP contribution in [0.15, 0.2) is 18.2 Å². The molecule has 0 aromatic heterocycles. The van der Waals surface area contributed by atoms with E-state index in [0.717, 1.165) is 38.5 Å². The number of para-hydroxylation sites is 1. The van der Waals surface area contributed by atoms with Gasteiger partial charge < -0.3 is 9.47 Å². The topological polar surface area (TPSA) is 52.6 Å². The van der Waals surface area contributed by atoms with Gasteiger partial charge in [-0.3, -0.25) is 9.59 Å². The van der Waals surface area contributed by atoms with Crippen LogP contribution in [0.3, 0.4) is 0 Å². The molecule has 0 saturated carbocycles. The van der Waals surface area contributed by atoms with Crippen molar-refractivity contribution in [2.24, 2.45) is 11.8 Å². The van der Waals surface area contributed by atoms with E-state index in [9.17, 15) is 9.59 Å². The molecule has 0 fully saturated rings. The zero-order valence-corrected chi connectivity index (χ0v) is 17.8. The van der Waals surface area contributed by atoms with Gasteiger partial charge in [0.05, 0.1) is 5.02 Å². The van der Waals surface area contributed by atoms with Crippen LogP contribution in [0.1, 0.15) is 79.1 Å². The number of esters is 2. The molecule has 1 aromatic rings. The predicted octanol–water partition coefficient (Wildman–Crippen LogP) is 6.58. The smallest absolute Gasteiger partial charge is 0.311 e. The highest BCUT2D eigenvalue weighted by Crippen LogP contribution is 2.35. The monoisotopic (exact) mass is 396 g/mol. The lowest BCUT2D eigenvalue weighted by molar-refractivity contribution is -0.137. The molecule has 5 heteroatoms. The zero-order valence-electron chi connectivity index (χ0n) is 17.1. The van der Waals surface area contributed by atoms with E-state index in [4.69, 9.17) is 21.1 Å². The number of ether oxygens (including phenoxy) is 2. The van der Waals surface area contributed by atoms with Crippen LogP contribution in [-0.4, -0.2) is 11.9 Å². The molecule has 0 bridgehead atoms. The Kier molecular flexibility index (Phi) is 11.1. The molecule has 0 radical (unpaired) electrons. The molecule has 4 nitrogen and oxygen atoms in total. The number of carbonyl (C=O) groups excluding carboxylic acids is 2. The summed E-state index contributed by atoms with van der Waals surface area (Å²) in [6.45, 7) is 8.64. The molecule has 0 aliphatic rings. The summed E-state index contributed by atoms with van der Waals surface area (Å²) in [4.78, 5) is 24.2. The summed E-state index contributed by atoms with van der Waals surface area (Å²) < 4.78 is 10.8. The third kappa shape index (κ3) is 10.4. The van der Waals surface area contributed by atoms with Crippen molar-refractivity contribution >= 4 is 23.5 Å². The van der Waals surface area contributed by atoms with Crippen molar-refractivity contribution in [2.75, 3.05) is 0 Å². The van der Waals surface area contributed by atoms with Crippen LogP contribution < -0.4 is 9.47 Å². The first kappa shape index (κ1) is 23.5. The summed E-state index contributed by atoms with van der Waals surface area (Å²) in [6.07, 6.45) is 6.34. The first-order valence-electron chi connectivity index (χ1n) is 9.99. The maximum atomic E-state index is 12.1. The first-order chi connectivity index (χ1) is 12.8. The van der Waals surface area contributed by atoms with Crippen LogP contribution in [0.4, 0.5) is 0 Å². The second kappa shape index (κ2) is 12.8. The van der Waals surface area contributed by atoms with Gasteiger partial charge in [-0.1, -0.05) is 71.0 Å². The minimum atomic E-state index is -0.360. The quantitative estimate of drug-likeness (QED) is 0.227. The lowest BCUT2D eigenvalue weighted by atomic mass is 10.1. The van der Waals surface area contributed by atoms with Crippen LogP contribution >= 0.6 is 11.6 Å². The van der Waals surface area contributed by atoms with Gasteiger partial charge in [-0.2, -0.15) is 0 Å². The third-order valence-corrected chi connectivity index (χ3v) is 4.49. The summed E-state index contributed by atoms with van der Waals surface area (Å²) >= 11 is 6.15. The van der Waals surface area contributed by atoms with E-state index in [1.807, 2.05) is 0 Å². The number of halogens is 1. The highest BCUT2D eigenvalue weighted by molar-refractivity contribution is 6.32. The van der Waals surface area contributed by atoms with E-state index >= 15 is 0 Å². The molecular weight excluding hydrogens is 364 g/mol. The van der Waals surface area contributed by atoms with Crippen LogP contribution in [0.2, 0.25) is 5.02 Å². The number of carbonyl (C=O) groups is 2. The molecule has 27 heavy (non-hydrogen) atoms. The molecule has 152 valence electrons. The fraction of sp³-hybridized carbons (Fsp3) is 0.636. The Hall–Kier alpha value is -1.55. The van der Waals surface area contributed by atoms with Crippen molar-refractivity contribution in [3.8, 4) is 11.5 Å². The molecule has 0 aliphatic carbocycles. The maximum Gasteiger partial charge on any atom is 0.311 e. The van der Waals surface area contributed by atoms with E-state index in [1.165, 1.54) is 0 Å². The molecule has 0 aliphatic heterocycles. The van der Waals surface area contributed by atoms with Crippen molar-refractivity contribution in [3.05, 3.63) is 23.2 Å². The lowest BCUT2D eigenvalue weighted by Gasteiger charge is -2.12. The Morgan fingerprint density at radius 2 is 1.37 bits per heavy atom. The van der Waals surface area contributed by atoms with Gasteiger partial charge in [0.2, 0.25) is 0 Å². The largest absolute Gasteiger partial charge is 0.422 e. The van der Waals surface area contributed by atoms with E-state index in [1.54, 1.807) is 18.2 Å². The number of hydrogen-bond acceptors (Lipinski definition) is 4. The van der Waals surface area contributed by atoms with Crippen LogP contribution in [-0.2, 0) is 9.59 Å². The average Bonchev–Trinajstić information content (AvgIpc) is 2.58. The van der Waals surface area contributed by atoms with Crippen molar-refractivity contribution in [3.63, 3.8) is 0 Å². The highest BCUT2D eigenvalue weighted by atomic mass is 35.5. The van der Waals surface area contributed by atoms with Gasteiger partial charge in [0, 0.05) is 12.8 Å². The second-order valence-corrected chi connectivity index (χ2v) is 8.20. The number of unbranched alkanes of at least 4 members (excludes halogenated alkanes) is 2. The van der Waals surface area contributed by atoms with Crippen molar-refractivity contribution < 1.29 is 19.1 Å². The SMILES string of the molecule is CC(C)CCCCC(=O)Oc1cccc(Cl)c1OC(=O)CCCCC(C)C. The molecule has 0 atom stereocenters. The van der Waals surface area contributed by atoms with Gasteiger partial charge in [-0.25, -0.2) is 0 Å². The van der Waals surface area contributed by atoms with Gasteiger partial charge in [-0.15, -0.1) is 0 Å². The first-order valence-corrected chi connectivity index (χ1v) is 10.4. The van der Waals surface area contributed by atoms with Crippen molar-refractivity contribution in [2.45, 2.75) is 79.1 Å². The molecule has 0 saturated heterocycles. The van der Waals surface area contributed by atoms with Gasteiger partial charge >= 0.3 is 11.9 Å². The van der Waals surface area contributed by atoms with Crippen LogP contribution in [0, 0.1) is 11.8 Å². The van der Waals surface area contributed by atoms with E-state index in [2.05, 4.69) is 27.7 Å². The second-order valence-electron chi connectivity index (χ2n) is 7.79. The van der Waals surface area contributed by atoms with Gasteiger partial charge in [0.1, 0.15) is 0 Å². The number of hydrogen-bond donors (Lipinski definition) is 0. The van der Waals surface area contributed by atoms with Gasteiger partial charge in [-0.05, 0) is 36.8 Å². The normalized spacial score (nSPS) is 11.1. The lowest BCUT2D eigenvalue weighted by Crippen LogP contribution is -2.12. The summed E-state index contributed by atoms with van der Waals surface area (Å²) in [7, 11) is 0. The van der Waals surface area contributed by atoms with E-state index < -0.39 is 0 Å². The number of benzene rings is 1. The van der Waals surface area contributed by atoms with Crippen molar-refractivity contribution in [1.29, 1.82) is 0 Å². The van der Waals surface area contributed by atoms with Crippen molar-refractivity contribution in [1.82, 2.24) is 0 Å². The fourth-order valence-electron chi connectivity index (χ4n) is 2.65. The Balaban J connectivity index is 2.55. The molecule has 0 spiro atoms. The van der Waals surface area contributed by atoms with Gasteiger partial charge in [0.15, 0.2) is 11.5 Å². The summed E-state index contributed by atoms with van der Waals surface area (Å²) in [5.41, 5.74) is 0. The molecule has 0 N–H and O–H groups in total. The molecule has 1 aromatic carbocycles. The Morgan fingerprint density at radius 3 is 1.89 bits per heavy atom. The maximum absolute atomic E-state index is 12.1. The average molecular weight is 397 g/mol. The summed E-state index contributed by atoms with van der Waals surface area (Å²) in [5, 5.41) is 0.260. The summed E-state index contributed by atoms with van der Waals surface area (Å²) in [6, 6.07) is 4.88.